The summed E-state index contributed by atoms with van der Waals surface area (Å²) in [6.07, 6.45) is 2.48. The molecule has 1 aliphatic heterocycles. The summed E-state index contributed by atoms with van der Waals surface area (Å²) in [5.74, 6) is 0.960. The number of rotatable bonds is 5. The van der Waals surface area contributed by atoms with Crippen molar-refractivity contribution in [3.05, 3.63) is 17.5 Å². The molecule has 0 bridgehead atoms. The molecule has 2 rings (SSSR count). The molecule has 102 valence electrons. The van der Waals surface area contributed by atoms with E-state index in [9.17, 15) is 0 Å². The van der Waals surface area contributed by atoms with Crippen molar-refractivity contribution in [2.75, 3.05) is 34.2 Å². The van der Waals surface area contributed by atoms with Gasteiger partial charge in [-0.05, 0) is 47.1 Å². The lowest BCUT2D eigenvalue weighted by atomic mass is 10.0. The van der Waals surface area contributed by atoms with Gasteiger partial charge in [-0.15, -0.1) is 0 Å². The number of hydrogen-bond donors (Lipinski definition) is 1. The van der Waals surface area contributed by atoms with Crippen LogP contribution in [-0.2, 0) is 13.1 Å². The molecule has 1 aliphatic rings. The molecule has 0 aliphatic carbocycles. The van der Waals surface area contributed by atoms with E-state index in [-0.39, 0.29) is 0 Å². The molecule has 0 aromatic carbocycles. The van der Waals surface area contributed by atoms with E-state index in [2.05, 4.69) is 34.4 Å². The molecule has 0 atom stereocenters. The van der Waals surface area contributed by atoms with Crippen molar-refractivity contribution in [1.82, 2.24) is 20.3 Å². The third-order valence-electron chi connectivity index (χ3n) is 3.68. The van der Waals surface area contributed by atoms with Crippen LogP contribution in [-0.4, -0.2) is 55.2 Å². The third kappa shape index (κ3) is 3.54. The molecule has 1 N–H and O–H groups in total. The van der Waals surface area contributed by atoms with Crippen LogP contribution in [0, 0.1) is 0 Å². The summed E-state index contributed by atoms with van der Waals surface area (Å²) in [5, 5.41) is 7.12. The average molecular weight is 252 g/mol. The molecule has 1 aromatic rings. The van der Waals surface area contributed by atoms with Gasteiger partial charge in [0.2, 0.25) is 0 Å². The second-order valence-electron chi connectivity index (χ2n) is 5.26. The molecule has 18 heavy (non-hydrogen) atoms. The Morgan fingerprint density at radius 3 is 2.89 bits per heavy atom. The van der Waals surface area contributed by atoms with Gasteiger partial charge in [0, 0.05) is 18.7 Å². The molecular weight excluding hydrogens is 228 g/mol. The highest BCUT2D eigenvalue weighted by Crippen LogP contribution is 2.16. The van der Waals surface area contributed by atoms with Crippen molar-refractivity contribution >= 4 is 0 Å². The first-order chi connectivity index (χ1) is 8.69. The fourth-order valence-corrected chi connectivity index (χ4v) is 2.51. The van der Waals surface area contributed by atoms with Gasteiger partial charge in [-0.1, -0.05) is 5.16 Å². The Bertz CT molecular complexity index is 358. The van der Waals surface area contributed by atoms with Crippen LogP contribution in [0.2, 0.25) is 0 Å². The molecule has 0 amide bonds. The Morgan fingerprint density at radius 1 is 1.50 bits per heavy atom. The topological polar surface area (TPSA) is 44.5 Å². The Morgan fingerprint density at radius 2 is 2.22 bits per heavy atom. The predicted octanol–water partition coefficient (Wildman–Crippen LogP) is 0.920. The molecular formula is C13H24N4O. The van der Waals surface area contributed by atoms with Gasteiger partial charge in [0.1, 0.15) is 0 Å². The molecule has 1 aromatic heterocycles. The third-order valence-corrected chi connectivity index (χ3v) is 3.68. The zero-order chi connectivity index (χ0) is 13.0. The second kappa shape index (κ2) is 6.31. The van der Waals surface area contributed by atoms with Crippen LogP contribution in [0.3, 0.4) is 0 Å². The van der Waals surface area contributed by atoms with E-state index in [1.165, 1.54) is 25.9 Å². The zero-order valence-electron chi connectivity index (χ0n) is 11.6. The molecule has 0 unspecified atom stereocenters. The minimum absolute atomic E-state index is 0.666. The number of aromatic nitrogens is 1. The predicted molar refractivity (Wildman–Crippen MR) is 71.3 cm³/mol. The van der Waals surface area contributed by atoms with Gasteiger partial charge in [-0.2, -0.15) is 0 Å². The maximum absolute atomic E-state index is 5.36. The molecule has 5 nitrogen and oxygen atoms in total. The molecule has 1 fully saturated rings. The van der Waals surface area contributed by atoms with Crippen LogP contribution in [0.15, 0.2) is 10.6 Å². The number of nitrogens with one attached hydrogen (secondary N) is 1. The van der Waals surface area contributed by atoms with Gasteiger partial charge in [0.15, 0.2) is 5.76 Å². The van der Waals surface area contributed by atoms with Gasteiger partial charge >= 0.3 is 0 Å². The molecule has 1 saturated heterocycles. The lowest BCUT2D eigenvalue weighted by Gasteiger charge is -2.34. The summed E-state index contributed by atoms with van der Waals surface area (Å²) < 4.78 is 5.36. The first kappa shape index (κ1) is 13.5. The number of nitrogens with zero attached hydrogens (tertiary/aromatic N) is 3. The number of piperidine rings is 1. The summed E-state index contributed by atoms with van der Waals surface area (Å²) >= 11 is 0. The Balaban J connectivity index is 1.84. The second-order valence-corrected chi connectivity index (χ2v) is 5.26. The molecule has 5 heteroatoms. The smallest absolute Gasteiger partial charge is 0.151 e. The van der Waals surface area contributed by atoms with Crippen molar-refractivity contribution in [1.29, 1.82) is 0 Å². The fourth-order valence-electron chi connectivity index (χ4n) is 2.51. The van der Waals surface area contributed by atoms with Crippen LogP contribution >= 0.6 is 0 Å². The summed E-state index contributed by atoms with van der Waals surface area (Å²) in [6, 6.07) is 2.71. The number of likely N-dealkylation sites (tertiary alicyclic amines) is 1. The van der Waals surface area contributed by atoms with Crippen molar-refractivity contribution in [3.63, 3.8) is 0 Å². The first-order valence-corrected chi connectivity index (χ1v) is 6.67. The van der Waals surface area contributed by atoms with Crippen molar-refractivity contribution < 1.29 is 4.52 Å². The highest BCUT2D eigenvalue weighted by molar-refractivity contribution is 5.05. The molecule has 0 radical (unpaired) electrons. The molecule has 0 spiro atoms. The summed E-state index contributed by atoms with van der Waals surface area (Å²) in [4.78, 5) is 4.78. The summed E-state index contributed by atoms with van der Waals surface area (Å²) in [6.45, 7) is 4.00. The molecule has 2 heterocycles. The van der Waals surface area contributed by atoms with Gasteiger partial charge in [-0.25, -0.2) is 0 Å². The monoisotopic (exact) mass is 252 g/mol. The van der Waals surface area contributed by atoms with E-state index in [0.717, 1.165) is 24.5 Å². The normalized spacial score (nSPS) is 18.7. The Hall–Kier alpha value is -0.910. The van der Waals surface area contributed by atoms with Crippen LogP contribution in [0.4, 0.5) is 0 Å². The van der Waals surface area contributed by atoms with Crippen LogP contribution in [0.1, 0.15) is 24.3 Å². The number of hydrogen-bond acceptors (Lipinski definition) is 5. The van der Waals surface area contributed by atoms with Gasteiger partial charge < -0.3 is 14.7 Å². The average Bonchev–Trinajstić information content (AvgIpc) is 2.78. The quantitative estimate of drug-likeness (QED) is 0.844. The van der Waals surface area contributed by atoms with E-state index in [1.54, 1.807) is 0 Å². The van der Waals surface area contributed by atoms with Gasteiger partial charge in [0.05, 0.1) is 12.2 Å². The van der Waals surface area contributed by atoms with Crippen LogP contribution in [0.5, 0.6) is 0 Å². The van der Waals surface area contributed by atoms with Crippen LogP contribution in [0.25, 0.3) is 0 Å². The standard InChI is InChI=1S/C13H24N4O/c1-14-9-11-8-13(18-15-11)10-17(3)12-4-6-16(2)7-5-12/h8,12,14H,4-7,9-10H2,1-3H3. The van der Waals surface area contributed by atoms with E-state index in [0.29, 0.717) is 6.04 Å². The first-order valence-electron chi connectivity index (χ1n) is 6.67. The van der Waals surface area contributed by atoms with Gasteiger partial charge in [0.25, 0.3) is 0 Å². The lowest BCUT2D eigenvalue weighted by molar-refractivity contribution is 0.130. The lowest BCUT2D eigenvalue weighted by Crippen LogP contribution is -2.41. The van der Waals surface area contributed by atoms with E-state index >= 15 is 0 Å². The summed E-state index contributed by atoms with van der Waals surface area (Å²) in [7, 11) is 6.28. The Labute approximate surface area is 109 Å². The van der Waals surface area contributed by atoms with E-state index < -0.39 is 0 Å². The fraction of sp³-hybridized carbons (Fsp3) is 0.769. The Kier molecular flexibility index (Phi) is 4.74. The van der Waals surface area contributed by atoms with E-state index in [4.69, 9.17) is 4.52 Å². The van der Waals surface area contributed by atoms with Crippen LogP contribution < -0.4 is 5.32 Å². The maximum Gasteiger partial charge on any atom is 0.151 e. The largest absolute Gasteiger partial charge is 0.360 e. The molecule has 0 saturated carbocycles. The highest BCUT2D eigenvalue weighted by atomic mass is 16.5. The van der Waals surface area contributed by atoms with Crippen molar-refractivity contribution in [3.8, 4) is 0 Å². The highest BCUT2D eigenvalue weighted by Gasteiger charge is 2.21. The summed E-state index contributed by atoms with van der Waals surface area (Å²) in [5.41, 5.74) is 0.976. The minimum atomic E-state index is 0.666. The maximum atomic E-state index is 5.36. The van der Waals surface area contributed by atoms with Gasteiger partial charge in [-0.3, -0.25) is 4.90 Å². The van der Waals surface area contributed by atoms with Crippen molar-refractivity contribution in [2.45, 2.75) is 32.0 Å². The SMILES string of the molecule is CNCc1cc(CN(C)C2CCN(C)CC2)on1. The minimum Gasteiger partial charge on any atom is -0.360 e. The van der Waals surface area contributed by atoms with Crippen molar-refractivity contribution in [2.24, 2.45) is 0 Å². The van der Waals surface area contributed by atoms with E-state index in [1.807, 2.05) is 13.1 Å². The zero-order valence-corrected chi connectivity index (χ0v) is 11.6.